The van der Waals surface area contributed by atoms with E-state index < -0.39 is 36.1 Å². The number of nitro benzene ring substituents is 1. The number of non-ortho nitro benzene ring substituents is 1. The number of nitrogens with zero attached hydrogens (tertiary/aromatic N) is 6. The number of aliphatic hydroxyl groups excluding tert-OH is 3. The van der Waals surface area contributed by atoms with E-state index in [4.69, 9.17) is 15.2 Å². The lowest BCUT2D eigenvalue weighted by Gasteiger charge is -2.18. The number of hydrazone groups is 1. The molecule has 202 valence electrons. The Labute approximate surface area is 220 Å². The highest BCUT2D eigenvalue weighted by Gasteiger charge is 2.45. The number of hydrogen-bond donors (Lipinski definition) is 5. The summed E-state index contributed by atoms with van der Waals surface area (Å²) in [5.74, 6) is 0.684. The summed E-state index contributed by atoms with van der Waals surface area (Å²) in [6.07, 6.45) is -2.19. The van der Waals surface area contributed by atoms with Gasteiger partial charge in [0.2, 0.25) is 5.95 Å². The molecule has 39 heavy (non-hydrogen) atoms. The average Bonchev–Trinajstić information content (AvgIpc) is 3.45. The Bertz CT molecular complexity index is 1510. The number of nitro groups is 1. The number of rotatable bonds is 9. The van der Waals surface area contributed by atoms with Crippen LogP contribution < -0.4 is 15.9 Å². The first-order valence-electron chi connectivity index (χ1n) is 11.7. The number of hydrogen-bond acceptors (Lipinski definition) is 13. The molecule has 2 aromatic carbocycles. The Morgan fingerprint density at radius 1 is 1.18 bits per heavy atom. The van der Waals surface area contributed by atoms with E-state index in [1.54, 1.807) is 36.4 Å². The Morgan fingerprint density at radius 2 is 1.95 bits per heavy atom. The second-order valence-electron chi connectivity index (χ2n) is 8.59. The van der Waals surface area contributed by atoms with E-state index in [0.29, 0.717) is 11.3 Å². The van der Waals surface area contributed by atoms with Crippen LogP contribution >= 0.6 is 0 Å². The van der Waals surface area contributed by atoms with Gasteiger partial charge in [-0.3, -0.25) is 14.7 Å². The number of para-hydroxylation sites is 1. The third-order valence-electron chi connectivity index (χ3n) is 6.11. The van der Waals surface area contributed by atoms with E-state index in [1.807, 2.05) is 0 Å². The van der Waals surface area contributed by atoms with Gasteiger partial charge in [-0.05, 0) is 29.8 Å². The summed E-state index contributed by atoms with van der Waals surface area (Å²) in [7, 11) is 0. The quantitative estimate of drug-likeness (QED) is 0.115. The van der Waals surface area contributed by atoms with Crippen LogP contribution in [0.5, 0.6) is 5.75 Å². The second kappa shape index (κ2) is 11.0. The number of nitrogen functional groups attached to an aromatic ring is 1. The summed E-state index contributed by atoms with van der Waals surface area (Å²) < 4.78 is 12.9. The predicted molar refractivity (Wildman–Crippen MR) is 138 cm³/mol. The Balaban J connectivity index is 1.37. The molecule has 4 atom stereocenters. The second-order valence-corrected chi connectivity index (χ2v) is 8.59. The van der Waals surface area contributed by atoms with Crippen LogP contribution in [0, 0.1) is 10.1 Å². The Morgan fingerprint density at radius 3 is 2.67 bits per heavy atom. The molecule has 0 radical (unpaired) electrons. The molecule has 1 aliphatic heterocycles. The molecule has 1 saturated heterocycles. The first-order chi connectivity index (χ1) is 18.9. The van der Waals surface area contributed by atoms with Gasteiger partial charge in [0.1, 0.15) is 37.0 Å². The van der Waals surface area contributed by atoms with Crippen molar-refractivity contribution in [3.05, 3.63) is 76.1 Å². The highest BCUT2D eigenvalue weighted by atomic mass is 16.6. The number of anilines is 2. The van der Waals surface area contributed by atoms with Crippen molar-refractivity contribution in [1.29, 1.82) is 0 Å². The number of nitrogens with one attached hydrogen (secondary N) is 1. The van der Waals surface area contributed by atoms with E-state index in [1.165, 1.54) is 29.2 Å². The highest BCUT2D eigenvalue weighted by molar-refractivity contribution is 5.85. The summed E-state index contributed by atoms with van der Waals surface area (Å²) in [4.78, 5) is 22.9. The van der Waals surface area contributed by atoms with Crippen molar-refractivity contribution in [2.75, 3.05) is 17.8 Å². The molecule has 1 fully saturated rings. The summed E-state index contributed by atoms with van der Waals surface area (Å²) in [6, 6.07) is 13.2. The molecule has 0 spiro atoms. The van der Waals surface area contributed by atoms with Crippen molar-refractivity contribution < 1.29 is 29.7 Å². The molecular weight excluding hydrogens is 512 g/mol. The van der Waals surface area contributed by atoms with Crippen molar-refractivity contribution in [2.24, 2.45) is 5.10 Å². The lowest BCUT2D eigenvalue weighted by atomic mass is 10.1. The van der Waals surface area contributed by atoms with Crippen molar-refractivity contribution in [1.82, 2.24) is 19.5 Å². The number of nitrogens with two attached hydrogens (primary N) is 1. The normalized spacial score (nSPS) is 21.0. The van der Waals surface area contributed by atoms with Crippen LogP contribution in [0.15, 0.2) is 60.0 Å². The SMILES string of the molecule is Nc1ncnc2c1nc(N/N=C\c1ccccc1OCc1ccc([N+](=O)[O-])cc1)n2[C@H]1O[C@@H](CO)[C@H](O)[C@@H]1O. The Kier molecular flexibility index (Phi) is 7.29. The van der Waals surface area contributed by atoms with E-state index in [9.17, 15) is 25.4 Å². The summed E-state index contributed by atoms with van der Waals surface area (Å²) in [6.45, 7) is -0.328. The van der Waals surface area contributed by atoms with E-state index in [0.717, 1.165) is 5.56 Å². The van der Waals surface area contributed by atoms with Gasteiger partial charge in [0.15, 0.2) is 23.2 Å². The molecule has 3 heterocycles. The molecule has 0 amide bonds. The summed E-state index contributed by atoms with van der Waals surface area (Å²) >= 11 is 0. The fourth-order valence-corrected chi connectivity index (χ4v) is 4.09. The first-order valence-corrected chi connectivity index (χ1v) is 11.7. The van der Waals surface area contributed by atoms with Crippen LogP contribution in [0.2, 0.25) is 0 Å². The van der Waals surface area contributed by atoms with Gasteiger partial charge in [-0.1, -0.05) is 12.1 Å². The lowest BCUT2D eigenvalue weighted by Crippen LogP contribution is -2.33. The van der Waals surface area contributed by atoms with Crippen molar-refractivity contribution in [2.45, 2.75) is 31.1 Å². The molecule has 6 N–H and O–H groups in total. The molecule has 0 saturated carbocycles. The lowest BCUT2D eigenvalue weighted by molar-refractivity contribution is -0.384. The van der Waals surface area contributed by atoms with Crippen molar-refractivity contribution >= 4 is 34.8 Å². The molecule has 0 bridgehead atoms. The van der Waals surface area contributed by atoms with Crippen LogP contribution in [-0.4, -0.2) is 70.9 Å². The maximum Gasteiger partial charge on any atom is 0.269 e. The predicted octanol–water partition coefficient (Wildman–Crippen LogP) is 0.953. The number of fused-ring (bicyclic) bond motifs is 1. The summed E-state index contributed by atoms with van der Waals surface area (Å²) in [5.41, 5.74) is 10.5. The fraction of sp³-hybridized carbons (Fsp3) is 0.250. The van der Waals surface area contributed by atoms with Gasteiger partial charge in [0.25, 0.3) is 5.69 Å². The number of aromatic nitrogens is 4. The third kappa shape index (κ3) is 5.19. The Hall–Kier alpha value is -4.70. The molecule has 2 aromatic heterocycles. The molecule has 0 unspecified atom stereocenters. The average molecular weight is 537 g/mol. The topological polar surface area (TPSA) is 216 Å². The number of aliphatic hydroxyl groups is 3. The van der Waals surface area contributed by atoms with E-state index in [-0.39, 0.29) is 35.2 Å². The van der Waals surface area contributed by atoms with E-state index in [2.05, 4.69) is 25.5 Å². The minimum absolute atomic E-state index is 0.00645. The smallest absolute Gasteiger partial charge is 0.269 e. The van der Waals surface area contributed by atoms with Gasteiger partial charge in [-0.25, -0.2) is 20.4 Å². The number of ether oxygens (including phenoxy) is 2. The van der Waals surface area contributed by atoms with E-state index >= 15 is 0 Å². The van der Waals surface area contributed by atoms with Crippen LogP contribution in [0.1, 0.15) is 17.4 Å². The zero-order chi connectivity index (χ0) is 27.5. The zero-order valence-corrected chi connectivity index (χ0v) is 20.2. The van der Waals surface area contributed by atoms with Crippen LogP contribution in [0.3, 0.4) is 0 Å². The van der Waals surface area contributed by atoms with Crippen LogP contribution in [0.25, 0.3) is 11.2 Å². The zero-order valence-electron chi connectivity index (χ0n) is 20.2. The van der Waals surface area contributed by atoms with Crippen molar-refractivity contribution in [3.8, 4) is 5.75 Å². The molecule has 0 aliphatic carbocycles. The van der Waals surface area contributed by atoms with Gasteiger partial charge >= 0.3 is 0 Å². The molecule has 1 aliphatic rings. The minimum atomic E-state index is -1.39. The van der Waals surface area contributed by atoms with Crippen molar-refractivity contribution in [3.63, 3.8) is 0 Å². The van der Waals surface area contributed by atoms with Gasteiger partial charge in [0.05, 0.1) is 17.7 Å². The summed E-state index contributed by atoms with van der Waals surface area (Å²) in [5, 5.41) is 45.4. The van der Waals surface area contributed by atoms with Gasteiger partial charge in [-0.15, -0.1) is 0 Å². The number of imidazole rings is 1. The first kappa shape index (κ1) is 25.9. The maximum atomic E-state index is 10.9. The standard InChI is InChI=1S/C24H24N8O7/c25-21-18-22(27-12-26-21)31(23-20(35)19(34)17(10-33)39-23)24(29-18)30-28-9-14-3-1-2-4-16(14)38-11-13-5-7-15(8-6-13)32(36)37/h1-9,12,17,19-20,23,33-35H,10-11H2,(H,29,30)(H2,25,26,27)/b28-9-/t17-,19-,20-,23-/m0/s1. The fourth-order valence-electron chi connectivity index (χ4n) is 4.09. The van der Waals surface area contributed by atoms with Gasteiger partial charge in [-0.2, -0.15) is 5.10 Å². The molecule has 15 heteroatoms. The monoisotopic (exact) mass is 536 g/mol. The third-order valence-corrected chi connectivity index (χ3v) is 6.11. The molecule has 15 nitrogen and oxygen atoms in total. The highest BCUT2D eigenvalue weighted by Crippen LogP contribution is 2.35. The van der Waals surface area contributed by atoms with Gasteiger partial charge < -0.3 is 30.5 Å². The number of benzene rings is 2. The largest absolute Gasteiger partial charge is 0.488 e. The van der Waals surface area contributed by atoms with Crippen LogP contribution in [-0.2, 0) is 11.3 Å². The maximum absolute atomic E-state index is 10.9. The van der Waals surface area contributed by atoms with Gasteiger partial charge in [0, 0.05) is 17.7 Å². The minimum Gasteiger partial charge on any atom is -0.488 e. The molecule has 5 rings (SSSR count). The molecular formula is C24H24N8O7. The van der Waals surface area contributed by atoms with Crippen LogP contribution in [0.4, 0.5) is 17.5 Å². The molecule has 4 aromatic rings.